The number of benzene rings is 1. The molecule has 5 amide bonds. The lowest BCUT2D eigenvalue weighted by atomic mass is 9.94. The van der Waals surface area contributed by atoms with E-state index in [4.69, 9.17) is 9.47 Å². The minimum Gasteiger partial charge on any atom is -0.482 e. The van der Waals surface area contributed by atoms with Crippen molar-refractivity contribution in [3.05, 3.63) is 46.3 Å². The number of amides is 5. The fourth-order valence-corrected chi connectivity index (χ4v) is 6.19. The first-order valence-electron chi connectivity index (χ1n) is 12.1. The van der Waals surface area contributed by atoms with Gasteiger partial charge in [0.05, 0.1) is 12.6 Å². The summed E-state index contributed by atoms with van der Waals surface area (Å²) in [4.78, 5) is 54.4. The number of imide groups is 1. The Bertz CT molecular complexity index is 1270. The van der Waals surface area contributed by atoms with Crippen LogP contribution in [-0.2, 0) is 32.9 Å². The molecule has 6 rings (SSSR count). The van der Waals surface area contributed by atoms with Crippen molar-refractivity contribution in [2.45, 2.75) is 43.9 Å². The van der Waals surface area contributed by atoms with Crippen LogP contribution in [0.2, 0.25) is 0 Å². The van der Waals surface area contributed by atoms with Gasteiger partial charge in [-0.3, -0.25) is 9.59 Å². The number of thiophene rings is 1. The number of urea groups is 1. The van der Waals surface area contributed by atoms with Gasteiger partial charge in [0.25, 0.3) is 5.91 Å². The number of carbonyl (C=O) groups excluding carboxylic acids is 4. The van der Waals surface area contributed by atoms with Crippen LogP contribution >= 0.6 is 11.3 Å². The molecule has 2 aliphatic heterocycles. The minimum atomic E-state index is -1.43. The van der Waals surface area contributed by atoms with Gasteiger partial charge in [-0.25, -0.2) is 14.5 Å². The summed E-state index contributed by atoms with van der Waals surface area (Å²) in [6, 6.07) is 6.67. The minimum absolute atomic E-state index is 0.0850. The molecule has 1 unspecified atom stereocenters. The van der Waals surface area contributed by atoms with Gasteiger partial charge < -0.3 is 25.0 Å². The fraction of sp³-hybridized carbons (Fsp3) is 0.440. The number of hydrogen-bond acceptors (Lipinski definition) is 7. The number of nitrogens with zero attached hydrogens (tertiary/aromatic N) is 2. The smallest absolute Gasteiger partial charge is 0.418 e. The van der Waals surface area contributed by atoms with Crippen LogP contribution < -0.4 is 15.4 Å². The Hall–Kier alpha value is -3.60. The molecule has 1 aromatic heterocycles. The molecule has 188 valence electrons. The molecular formula is C25H26N4O6S. The lowest BCUT2D eigenvalue weighted by Crippen LogP contribution is -2.49. The molecule has 2 N–H and O–H groups in total. The predicted octanol–water partition coefficient (Wildman–Crippen LogP) is 2.82. The third-order valence-electron chi connectivity index (χ3n) is 7.46. The highest BCUT2D eigenvalue weighted by Crippen LogP contribution is 2.46. The number of anilines is 1. The average Bonchev–Trinajstić information content (AvgIpc) is 3.50. The first kappa shape index (κ1) is 22.8. The topological polar surface area (TPSA) is 117 Å². The Morgan fingerprint density at radius 3 is 2.81 bits per heavy atom. The largest absolute Gasteiger partial charge is 0.482 e. The molecule has 3 heterocycles. The van der Waals surface area contributed by atoms with Crippen molar-refractivity contribution in [2.75, 3.05) is 25.5 Å². The summed E-state index contributed by atoms with van der Waals surface area (Å²) in [6.07, 6.45) is 2.06. The molecule has 10 nitrogen and oxygen atoms in total. The van der Waals surface area contributed by atoms with E-state index in [1.54, 1.807) is 23.1 Å². The van der Waals surface area contributed by atoms with Gasteiger partial charge in [0, 0.05) is 30.3 Å². The summed E-state index contributed by atoms with van der Waals surface area (Å²) >= 11 is 1.51. The standard InChI is InChI=1S/C25H26N4O6S/c1-26-23(32)27-17-4-5-18-15(10-17)6-8-25(18)22(31)29(24(33)35-25)12-20(30)28-11-16-7-9-36-21(16)34-13-19(28)14-2-3-14/h4-5,7,9-10,14,19H,2-3,6,8,11-13H2,1H3,(H2,26,27,32)/t19?,25-/m0/s1. The average molecular weight is 511 g/mol. The summed E-state index contributed by atoms with van der Waals surface area (Å²) in [6.45, 7) is 0.435. The zero-order valence-corrected chi connectivity index (χ0v) is 20.6. The maximum absolute atomic E-state index is 13.6. The summed E-state index contributed by atoms with van der Waals surface area (Å²) < 4.78 is 11.7. The number of carbonyl (C=O) groups is 4. The van der Waals surface area contributed by atoms with Crippen LogP contribution in [0.15, 0.2) is 29.6 Å². The van der Waals surface area contributed by atoms with Crippen molar-refractivity contribution in [1.82, 2.24) is 15.1 Å². The SMILES string of the molecule is CNC(=O)Nc1ccc2c(c1)CC[C@]21OC(=O)N(CC(=O)N2Cc3ccsc3OCC2C2CC2)C1=O. The number of nitrogens with one attached hydrogen (secondary N) is 2. The van der Waals surface area contributed by atoms with E-state index in [1.807, 2.05) is 11.4 Å². The predicted molar refractivity (Wildman–Crippen MR) is 130 cm³/mol. The lowest BCUT2D eigenvalue weighted by Gasteiger charge is -2.30. The zero-order chi connectivity index (χ0) is 25.0. The Morgan fingerprint density at radius 1 is 1.19 bits per heavy atom. The van der Waals surface area contributed by atoms with Crippen molar-refractivity contribution < 1.29 is 28.7 Å². The first-order chi connectivity index (χ1) is 17.4. The summed E-state index contributed by atoms with van der Waals surface area (Å²) in [5, 5.41) is 7.95. The molecule has 2 aliphatic carbocycles. The summed E-state index contributed by atoms with van der Waals surface area (Å²) in [5.41, 5.74) is 1.50. The Balaban J connectivity index is 1.22. The van der Waals surface area contributed by atoms with E-state index < -0.39 is 17.6 Å². The van der Waals surface area contributed by atoms with Crippen LogP contribution in [0.5, 0.6) is 5.06 Å². The normalized spacial score (nSPS) is 24.6. The van der Waals surface area contributed by atoms with Gasteiger partial charge >= 0.3 is 12.1 Å². The fourth-order valence-electron chi connectivity index (χ4n) is 5.41. The van der Waals surface area contributed by atoms with Crippen LogP contribution in [0.4, 0.5) is 15.3 Å². The molecule has 0 bridgehead atoms. The second-order valence-electron chi connectivity index (χ2n) is 9.63. The van der Waals surface area contributed by atoms with E-state index in [0.717, 1.165) is 33.9 Å². The molecule has 11 heteroatoms. The van der Waals surface area contributed by atoms with Gasteiger partial charge in [0.2, 0.25) is 11.5 Å². The molecule has 2 aromatic rings. The monoisotopic (exact) mass is 510 g/mol. The number of fused-ring (bicyclic) bond motifs is 3. The number of ether oxygens (including phenoxy) is 2. The zero-order valence-electron chi connectivity index (χ0n) is 19.7. The molecule has 1 aromatic carbocycles. The van der Waals surface area contributed by atoms with Gasteiger partial charge in [-0.15, -0.1) is 11.3 Å². The number of aryl methyl sites for hydroxylation is 1. The third kappa shape index (κ3) is 3.69. The molecule has 36 heavy (non-hydrogen) atoms. The molecule has 0 radical (unpaired) electrons. The van der Waals surface area contributed by atoms with Crippen molar-refractivity contribution in [1.29, 1.82) is 0 Å². The van der Waals surface area contributed by atoms with E-state index in [9.17, 15) is 19.2 Å². The van der Waals surface area contributed by atoms with Gasteiger partial charge in [0.1, 0.15) is 13.2 Å². The second-order valence-corrected chi connectivity index (χ2v) is 10.5. The molecule has 1 spiro atoms. The van der Waals surface area contributed by atoms with Crippen LogP contribution in [0, 0.1) is 5.92 Å². The summed E-state index contributed by atoms with van der Waals surface area (Å²) in [7, 11) is 1.52. The van der Waals surface area contributed by atoms with Crippen LogP contribution in [0.1, 0.15) is 36.0 Å². The van der Waals surface area contributed by atoms with Gasteiger partial charge in [-0.1, -0.05) is 6.07 Å². The maximum atomic E-state index is 13.6. The van der Waals surface area contributed by atoms with Gasteiger partial charge in [-0.2, -0.15) is 0 Å². The van der Waals surface area contributed by atoms with Gasteiger partial charge in [0.15, 0.2) is 5.06 Å². The molecular weight excluding hydrogens is 484 g/mol. The maximum Gasteiger partial charge on any atom is 0.418 e. The Labute approximate surface area is 211 Å². The number of rotatable bonds is 4. The molecule has 4 aliphatic rings. The first-order valence-corrected chi connectivity index (χ1v) is 12.9. The Kier molecular flexibility index (Phi) is 5.40. The van der Waals surface area contributed by atoms with Crippen molar-refractivity contribution in [3.8, 4) is 5.06 Å². The molecule has 1 saturated heterocycles. The summed E-state index contributed by atoms with van der Waals surface area (Å²) in [5.74, 6) is -0.438. The molecule has 2 fully saturated rings. The van der Waals surface area contributed by atoms with Crippen molar-refractivity contribution >= 4 is 41.0 Å². The quantitative estimate of drug-likeness (QED) is 0.653. The third-order valence-corrected chi connectivity index (χ3v) is 8.32. The van der Waals surface area contributed by atoms with Crippen molar-refractivity contribution in [3.63, 3.8) is 0 Å². The number of hydrogen-bond donors (Lipinski definition) is 2. The van der Waals surface area contributed by atoms with Crippen LogP contribution in [0.3, 0.4) is 0 Å². The van der Waals surface area contributed by atoms with Crippen LogP contribution in [-0.4, -0.2) is 60.0 Å². The van der Waals surface area contributed by atoms with Crippen LogP contribution in [0.25, 0.3) is 0 Å². The highest BCUT2D eigenvalue weighted by molar-refractivity contribution is 7.12. The highest BCUT2D eigenvalue weighted by atomic mass is 32.1. The molecule has 2 atom stereocenters. The Morgan fingerprint density at radius 2 is 2.03 bits per heavy atom. The lowest BCUT2D eigenvalue weighted by molar-refractivity contribution is -0.143. The van der Waals surface area contributed by atoms with E-state index in [0.29, 0.717) is 43.2 Å². The van der Waals surface area contributed by atoms with E-state index in [1.165, 1.54) is 18.4 Å². The van der Waals surface area contributed by atoms with Gasteiger partial charge in [-0.05, 0) is 54.3 Å². The van der Waals surface area contributed by atoms with Crippen molar-refractivity contribution in [2.24, 2.45) is 5.92 Å². The van der Waals surface area contributed by atoms with E-state index >= 15 is 0 Å². The molecule has 1 saturated carbocycles. The van der Waals surface area contributed by atoms with E-state index in [2.05, 4.69) is 10.6 Å². The highest BCUT2D eigenvalue weighted by Gasteiger charge is 2.58. The second kappa shape index (κ2) is 8.51. The van der Waals surface area contributed by atoms with E-state index in [-0.39, 0.29) is 24.5 Å².